The fourth-order valence-electron chi connectivity index (χ4n) is 2.55. The largest absolute Gasteiger partial charge is 0.493 e. The molecule has 0 radical (unpaired) electrons. The van der Waals surface area contributed by atoms with Gasteiger partial charge < -0.3 is 9.47 Å². The van der Waals surface area contributed by atoms with Crippen LogP contribution in [0.4, 0.5) is 0 Å². The van der Waals surface area contributed by atoms with Gasteiger partial charge >= 0.3 is 0 Å². The first-order valence-electron chi connectivity index (χ1n) is 8.48. The van der Waals surface area contributed by atoms with Crippen molar-refractivity contribution in [3.05, 3.63) is 101 Å². The zero-order chi connectivity index (χ0) is 19.1. The third-order valence-corrected chi connectivity index (χ3v) is 4.20. The molecule has 0 atom stereocenters. The number of carbonyl (C=O) groups excluding carboxylic acids is 1. The lowest BCUT2D eigenvalue weighted by atomic mass is 10.1. The van der Waals surface area contributed by atoms with Gasteiger partial charge in [-0.3, -0.25) is 4.79 Å². The Balaban J connectivity index is 1.75. The first-order chi connectivity index (χ1) is 13.2. The van der Waals surface area contributed by atoms with Crippen LogP contribution < -0.4 is 9.47 Å². The number of methoxy groups -OCH3 is 1. The van der Waals surface area contributed by atoms with Crippen LogP contribution >= 0.6 is 11.6 Å². The molecule has 136 valence electrons. The zero-order valence-electron chi connectivity index (χ0n) is 14.9. The first kappa shape index (κ1) is 18.7. The number of rotatable bonds is 7. The summed E-state index contributed by atoms with van der Waals surface area (Å²) in [7, 11) is 1.60. The normalized spacial score (nSPS) is 10.7. The molecular weight excluding hydrogens is 360 g/mol. The van der Waals surface area contributed by atoms with E-state index in [0.29, 0.717) is 28.7 Å². The fraction of sp³-hybridized carbons (Fsp3) is 0.0870. The molecule has 0 aliphatic rings. The van der Waals surface area contributed by atoms with Gasteiger partial charge in [0.2, 0.25) is 0 Å². The highest BCUT2D eigenvalue weighted by Crippen LogP contribution is 2.29. The minimum atomic E-state index is -0.111. The predicted molar refractivity (Wildman–Crippen MR) is 109 cm³/mol. The molecule has 0 amide bonds. The Morgan fingerprint density at radius 2 is 1.78 bits per heavy atom. The SMILES string of the molecule is COc1ccc(/C=C/C(=O)c2cccc(Cl)c2)cc1OCc1ccccc1. The maximum Gasteiger partial charge on any atom is 0.185 e. The smallest absolute Gasteiger partial charge is 0.185 e. The molecule has 0 heterocycles. The quantitative estimate of drug-likeness (QED) is 0.383. The number of carbonyl (C=O) groups is 1. The van der Waals surface area contributed by atoms with Gasteiger partial charge in [0.05, 0.1) is 7.11 Å². The maximum absolute atomic E-state index is 12.3. The van der Waals surface area contributed by atoms with Crippen LogP contribution in [-0.4, -0.2) is 12.9 Å². The zero-order valence-corrected chi connectivity index (χ0v) is 15.6. The van der Waals surface area contributed by atoms with E-state index in [4.69, 9.17) is 21.1 Å². The van der Waals surface area contributed by atoms with Crippen molar-refractivity contribution in [1.29, 1.82) is 0 Å². The number of halogens is 1. The molecule has 0 aromatic heterocycles. The number of benzene rings is 3. The summed E-state index contributed by atoms with van der Waals surface area (Å²) in [6, 6.07) is 22.3. The number of hydrogen-bond acceptors (Lipinski definition) is 3. The second-order valence-electron chi connectivity index (χ2n) is 5.89. The van der Waals surface area contributed by atoms with Crippen molar-refractivity contribution in [2.75, 3.05) is 7.11 Å². The third-order valence-electron chi connectivity index (χ3n) is 3.96. The lowest BCUT2D eigenvalue weighted by molar-refractivity contribution is 0.104. The Labute approximate surface area is 163 Å². The molecule has 3 rings (SSSR count). The van der Waals surface area contributed by atoms with Gasteiger partial charge in [0.25, 0.3) is 0 Å². The van der Waals surface area contributed by atoms with E-state index in [2.05, 4.69) is 0 Å². The number of allylic oxidation sites excluding steroid dienone is 1. The van der Waals surface area contributed by atoms with Gasteiger partial charge in [-0.15, -0.1) is 0 Å². The van der Waals surface area contributed by atoms with E-state index in [0.717, 1.165) is 11.1 Å². The first-order valence-corrected chi connectivity index (χ1v) is 8.86. The molecule has 4 heteroatoms. The molecule has 0 fully saturated rings. The summed E-state index contributed by atoms with van der Waals surface area (Å²) in [6.07, 6.45) is 3.27. The third kappa shape index (κ3) is 5.22. The average molecular weight is 379 g/mol. The Morgan fingerprint density at radius 3 is 2.52 bits per heavy atom. The van der Waals surface area contributed by atoms with E-state index in [1.54, 1.807) is 37.5 Å². The van der Waals surface area contributed by atoms with Crippen molar-refractivity contribution in [1.82, 2.24) is 0 Å². The Morgan fingerprint density at radius 1 is 0.963 bits per heavy atom. The molecule has 0 unspecified atom stereocenters. The van der Waals surface area contributed by atoms with E-state index in [9.17, 15) is 4.79 Å². The van der Waals surface area contributed by atoms with Gasteiger partial charge in [0, 0.05) is 10.6 Å². The van der Waals surface area contributed by atoms with Crippen LogP contribution in [0, 0.1) is 0 Å². The van der Waals surface area contributed by atoms with Crippen molar-refractivity contribution in [2.45, 2.75) is 6.61 Å². The molecule has 0 saturated heterocycles. The van der Waals surface area contributed by atoms with Crippen molar-refractivity contribution >= 4 is 23.5 Å². The highest BCUT2D eigenvalue weighted by molar-refractivity contribution is 6.31. The van der Waals surface area contributed by atoms with E-state index >= 15 is 0 Å². The van der Waals surface area contributed by atoms with E-state index < -0.39 is 0 Å². The maximum atomic E-state index is 12.3. The molecule has 3 aromatic rings. The van der Waals surface area contributed by atoms with Crippen LogP contribution in [-0.2, 0) is 6.61 Å². The van der Waals surface area contributed by atoms with Gasteiger partial charge in [0.15, 0.2) is 17.3 Å². The van der Waals surface area contributed by atoms with E-state index in [1.807, 2.05) is 48.5 Å². The van der Waals surface area contributed by atoms with Crippen LogP contribution in [0.5, 0.6) is 11.5 Å². The summed E-state index contributed by atoms with van der Waals surface area (Å²) in [4.78, 5) is 12.3. The van der Waals surface area contributed by atoms with Crippen LogP contribution in [0.2, 0.25) is 5.02 Å². The van der Waals surface area contributed by atoms with Gasteiger partial charge in [-0.05, 0) is 41.5 Å². The fourth-order valence-corrected chi connectivity index (χ4v) is 2.75. The molecule has 0 spiro atoms. The van der Waals surface area contributed by atoms with E-state index in [1.165, 1.54) is 6.08 Å². The second-order valence-corrected chi connectivity index (χ2v) is 6.33. The van der Waals surface area contributed by atoms with Crippen molar-refractivity contribution < 1.29 is 14.3 Å². The summed E-state index contributed by atoms with van der Waals surface area (Å²) in [5, 5.41) is 0.537. The highest BCUT2D eigenvalue weighted by Gasteiger charge is 2.07. The van der Waals surface area contributed by atoms with Gasteiger partial charge in [-0.25, -0.2) is 0 Å². The van der Waals surface area contributed by atoms with E-state index in [-0.39, 0.29) is 5.78 Å². The van der Waals surface area contributed by atoms with Gasteiger partial charge in [0.1, 0.15) is 6.61 Å². The molecule has 0 bridgehead atoms. The molecule has 0 aliphatic heterocycles. The minimum Gasteiger partial charge on any atom is -0.493 e. The molecular formula is C23H19ClO3. The van der Waals surface area contributed by atoms with Crippen LogP contribution in [0.1, 0.15) is 21.5 Å². The summed E-state index contributed by atoms with van der Waals surface area (Å²) in [5.74, 6) is 1.16. The summed E-state index contributed by atoms with van der Waals surface area (Å²) < 4.78 is 11.3. The van der Waals surface area contributed by atoms with Crippen molar-refractivity contribution in [3.8, 4) is 11.5 Å². The van der Waals surface area contributed by atoms with Gasteiger partial charge in [-0.2, -0.15) is 0 Å². The monoisotopic (exact) mass is 378 g/mol. The predicted octanol–water partition coefficient (Wildman–Crippen LogP) is 5.82. The number of ketones is 1. The number of hydrogen-bond donors (Lipinski definition) is 0. The van der Waals surface area contributed by atoms with Crippen molar-refractivity contribution in [2.24, 2.45) is 0 Å². The van der Waals surface area contributed by atoms with Crippen molar-refractivity contribution in [3.63, 3.8) is 0 Å². The van der Waals surface area contributed by atoms with Crippen LogP contribution in [0.25, 0.3) is 6.08 Å². The summed E-state index contributed by atoms with van der Waals surface area (Å²) in [6.45, 7) is 0.436. The minimum absolute atomic E-state index is 0.111. The number of ether oxygens (including phenoxy) is 2. The lowest BCUT2D eigenvalue weighted by Crippen LogP contribution is -1.98. The molecule has 0 aliphatic carbocycles. The van der Waals surface area contributed by atoms with Gasteiger partial charge in [-0.1, -0.05) is 66.2 Å². The lowest BCUT2D eigenvalue weighted by Gasteiger charge is -2.11. The summed E-state index contributed by atoms with van der Waals surface area (Å²) in [5.41, 5.74) is 2.46. The second kappa shape index (κ2) is 9.06. The van der Waals surface area contributed by atoms with Crippen LogP contribution in [0.3, 0.4) is 0 Å². The highest BCUT2D eigenvalue weighted by atomic mass is 35.5. The molecule has 0 saturated carbocycles. The summed E-state index contributed by atoms with van der Waals surface area (Å²) >= 11 is 5.94. The Bertz CT molecular complexity index is 949. The topological polar surface area (TPSA) is 35.5 Å². The standard InChI is InChI=1S/C23H19ClO3/c1-26-22-13-11-17(10-12-21(25)19-8-5-9-20(24)15-19)14-23(22)27-16-18-6-3-2-4-7-18/h2-15H,16H2,1H3/b12-10+. The average Bonchev–Trinajstić information content (AvgIpc) is 2.71. The Kier molecular flexibility index (Phi) is 6.29. The molecule has 3 aromatic carbocycles. The molecule has 27 heavy (non-hydrogen) atoms. The molecule has 0 N–H and O–H groups in total. The van der Waals surface area contributed by atoms with Crippen LogP contribution in [0.15, 0.2) is 78.9 Å². The Hall–Kier alpha value is -3.04. The molecule has 3 nitrogen and oxygen atoms in total.